The van der Waals surface area contributed by atoms with Gasteiger partial charge in [-0.05, 0) is 55.0 Å². The molecule has 1 heterocycles. The van der Waals surface area contributed by atoms with Gasteiger partial charge < -0.3 is 19.8 Å². The van der Waals surface area contributed by atoms with Gasteiger partial charge in [-0.25, -0.2) is 4.98 Å². The lowest BCUT2D eigenvalue weighted by Gasteiger charge is -2.06. The van der Waals surface area contributed by atoms with Gasteiger partial charge in [0.05, 0.1) is 25.6 Å². The summed E-state index contributed by atoms with van der Waals surface area (Å²) in [5.41, 5.74) is 3.87. The van der Waals surface area contributed by atoms with Crippen LogP contribution in [0.3, 0.4) is 0 Å². The summed E-state index contributed by atoms with van der Waals surface area (Å²) >= 11 is 1.61. The van der Waals surface area contributed by atoms with Gasteiger partial charge in [-0.2, -0.15) is 0 Å². The minimum Gasteiger partial charge on any atom is -0.497 e. The van der Waals surface area contributed by atoms with Crippen molar-refractivity contribution >= 4 is 17.7 Å². The zero-order valence-corrected chi connectivity index (χ0v) is 21.9. The van der Waals surface area contributed by atoms with Gasteiger partial charge in [0, 0.05) is 29.8 Å². The number of amides is 1. The number of hydrogen-bond acceptors (Lipinski definition) is 5. The van der Waals surface area contributed by atoms with Crippen LogP contribution in [0.5, 0.6) is 11.5 Å². The Labute approximate surface area is 213 Å². The Bertz CT molecular complexity index is 968. The van der Waals surface area contributed by atoms with Crippen molar-refractivity contribution < 1.29 is 14.3 Å². The Balaban J connectivity index is 1.59. The zero-order valence-electron chi connectivity index (χ0n) is 21.1. The lowest BCUT2D eigenvalue weighted by molar-refractivity contribution is -0.121. The van der Waals surface area contributed by atoms with Crippen LogP contribution in [-0.2, 0) is 4.79 Å². The Morgan fingerprint density at radius 2 is 1.49 bits per heavy atom. The fourth-order valence-electron chi connectivity index (χ4n) is 3.84. The maximum Gasteiger partial charge on any atom is 0.220 e. The van der Waals surface area contributed by atoms with Crippen molar-refractivity contribution in [2.75, 3.05) is 26.5 Å². The molecule has 6 nitrogen and oxygen atoms in total. The maximum absolute atomic E-state index is 12.1. The average molecular weight is 496 g/mol. The molecule has 0 atom stereocenters. The smallest absolute Gasteiger partial charge is 0.220 e. The van der Waals surface area contributed by atoms with Crippen molar-refractivity contribution in [1.29, 1.82) is 0 Å². The molecule has 7 heteroatoms. The minimum absolute atomic E-state index is 0.137. The number of H-pyrrole nitrogens is 1. The largest absolute Gasteiger partial charge is 0.497 e. The summed E-state index contributed by atoms with van der Waals surface area (Å²) in [6.07, 6.45) is 7.75. The number of nitrogens with one attached hydrogen (secondary N) is 2. The normalized spacial score (nSPS) is 10.8. The molecule has 2 aromatic carbocycles. The molecule has 0 aliphatic carbocycles. The number of carbonyl (C=O) groups excluding carboxylic acids is 1. The molecular weight excluding hydrogens is 458 g/mol. The first-order chi connectivity index (χ1) is 17.1. The molecule has 1 aromatic heterocycles. The van der Waals surface area contributed by atoms with Crippen LogP contribution in [0.15, 0.2) is 53.7 Å². The van der Waals surface area contributed by atoms with Gasteiger partial charge in [-0.3, -0.25) is 4.79 Å². The highest BCUT2D eigenvalue weighted by molar-refractivity contribution is 7.99. The maximum atomic E-state index is 12.1. The summed E-state index contributed by atoms with van der Waals surface area (Å²) < 4.78 is 10.6. The van der Waals surface area contributed by atoms with Crippen LogP contribution in [0.1, 0.15) is 51.9 Å². The number of benzene rings is 2. The highest BCUT2D eigenvalue weighted by atomic mass is 32.2. The lowest BCUT2D eigenvalue weighted by Crippen LogP contribution is -2.25. The van der Waals surface area contributed by atoms with Gasteiger partial charge in [0.1, 0.15) is 11.5 Å². The molecule has 0 aliphatic heterocycles. The number of nitrogens with zero attached hydrogens (tertiary/aromatic N) is 1. The first kappa shape index (κ1) is 26.7. The van der Waals surface area contributed by atoms with E-state index in [-0.39, 0.29) is 5.91 Å². The van der Waals surface area contributed by atoms with E-state index in [2.05, 4.69) is 17.2 Å². The van der Waals surface area contributed by atoms with Gasteiger partial charge in [-0.15, -0.1) is 0 Å². The van der Waals surface area contributed by atoms with Gasteiger partial charge in [0.15, 0.2) is 5.16 Å². The average Bonchev–Trinajstić information content (AvgIpc) is 3.33. The monoisotopic (exact) mass is 495 g/mol. The molecule has 0 spiro atoms. The van der Waals surface area contributed by atoms with Crippen LogP contribution < -0.4 is 14.8 Å². The van der Waals surface area contributed by atoms with Crippen molar-refractivity contribution in [3.63, 3.8) is 0 Å². The molecule has 3 aromatic rings. The molecule has 0 aliphatic rings. The zero-order chi connectivity index (χ0) is 24.9. The molecule has 188 valence electrons. The molecule has 0 saturated carbocycles. The van der Waals surface area contributed by atoms with E-state index in [1.165, 1.54) is 25.7 Å². The topological polar surface area (TPSA) is 76.2 Å². The SMILES string of the molecule is CCCCCCCCC(=O)NCCSc1nc(-c2ccc(OC)cc2)c(-c2ccc(OC)cc2)[nH]1. The van der Waals surface area contributed by atoms with E-state index in [9.17, 15) is 4.79 Å². The molecule has 0 fully saturated rings. The van der Waals surface area contributed by atoms with Crippen LogP contribution in [-0.4, -0.2) is 42.4 Å². The van der Waals surface area contributed by atoms with Crippen LogP contribution in [0.25, 0.3) is 22.5 Å². The molecule has 0 unspecified atom stereocenters. The second-order valence-corrected chi connectivity index (χ2v) is 9.52. The van der Waals surface area contributed by atoms with Crippen molar-refractivity contribution in [3.8, 4) is 34.0 Å². The van der Waals surface area contributed by atoms with Crippen molar-refractivity contribution in [2.24, 2.45) is 0 Å². The minimum atomic E-state index is 0.137. The van der Waals surface area contributed by atoms with E-state index in [1.807, 2.05) is 48.5 Å². The van der Waals surface area contributed by atoms with Crippen LogP contribution in [0.4, 0.5) is 0 Å². The third-order valence-corrected chi connectivity index (χ3v) is 6.72. The quantitative estimate of drug-likeness (QED) is 0.181. The van der Waals surface area contributed by atoms with Gasteiger partial charge in [-0.1, -0.05) is 50.8 Å². The van der Waals surface area contributed by atoms with E-state index >= 15 is 0 Å². The van der Waals surface area contributed by atoms with Crippen molar-refractivity contribution in [1.82, 2.24) is 15.3 Å². The van der Waals surface area contributed by atoms with Crippen molar-refractivity contribution in [2.45, 2.75) is 57.0 Å². The predicted octanol–water partition coefficient (Wildman–Crippen LogP) is 6.72. The third-order valence-electron chi connectivity index (χ3n) is 5.84. The number of unbranched alkanes of at least 4 members (excludes halogenated alkanes) is 5. The number of thioether (sulfide) groups is 1. The second-order valence-electron chi connectivity index (χ2n) is 8.44. The number of methoxy groups -OCH3 is 2. The Kier molecular flexibility index (Phi) is 11.0. The number of rotatable bonds is 15. The highest BCUT2D eigenvalue weighted by Gasteiger charge is 2.15. The van der Waals surface area contributed by atoms with Crippen LogP contribution in [0.2, 0.25) is 0 Å². The molecular formula is C28H37N3O3S. The third kappa shape index (κ3) is 8.35. The van der Waals surface area contributed by atoms with E-state index in [0.717, 1.165) is 57.8 Å². The highest BCUT2D eigenvalue weighted by Crippen LogP contribution is 2.34. The number of imidazole rings is 1. The fraction of sp³-hybridized carbons (Fsp3) is 0.429. The van der Waals surface area contributed by atoms with Gasteiger partial charge in [0.25, 0.3) is 0 Å². The predicted molar refractivity (Wildman–Crippen MR) is 144 cm³/mol. The number of ether oxygens (including phenoxy) is 2. The first-order valence-corrected chi connectivity index (χ1v) is 13.4. The van der Waals surface area contributed by atoms with E-state index < -0.39 is 0 Å². The Morgan fingerprint density at radius 1 is 0.886 bits per heavy atom. The van der Waals surface area contributed by atoms with Gasteiger partial charge >= 0.3 is 0 Å². The summed E-state index contributed by atoms with van der Waals surface area (Å²) in [7, 11) is 3.32. The van der Waals surface area contributed by atoms with Crippen LogP contribution in [0, 0.1) is 0 Å². The van der Waals surface area contributed by atoms with Crippen LogP contribution >= 0.6 is 11.8 Å². The molecule has 3 rings (SSSR count). The second kappa shape index (κ2) is 14.5. The van der Waals surface area contributed by atoms with E-state index in [4.69, 9.17) is 14.5 Å². The number of carbonyl (C=O) groups is 1. The number of aromatic amines is 1. The molecule has 0 bridgehead atoms. The molecule has 35 heavy (non-hydrogen) atoms. The summed E-state index contributed by atoms with van der Waals surface area (Å²) in [4.78, 5) is 20.5. The Hall–Kier alpha value is -2.93. The van der Waals surface area contributed by atoms with Gasteiger partial charge in [0.2, 0.25) is 5.91 Å². The Morgan fingerprint density at radius 3 is 2.11 bits per heavy atom. The van der Waals surface area contributed by atoms with Crippen molar-refractivity contribution in [3.05, 3.63) is 48.5 Å². The molecule has 1 amide bonds. The number of hydrogen-bond donors (Lipinski definition) is 2. The van der Waals surface area contributed by atoms with E-state index in [1.54, 1.807) is 26.0 Å². The summed E-state index contributed by atoms with van der Waals surface area (Å²) in [5.74, 6) is 2.50. The first-order valence-electron chi connectivity index (χ1n) is 12.4. The number of aromatic nitrogens is 2. The molecule has 2 N–H and O–H groups in total. The fourth-order valence-corrected chi connectivity index (χ4v) is 4.56. The molecule has 0 saturated heterocycles. The molecule has 0 radical (unpaired) electrons. The summed E-state index contributed by atoms with van der Waals surface area (Å²) in [5, 5.41) is 3.86. The standard InChI is InChI=1S/C28H37N3O3S/c1-4-5-6-7-8-9-10-25(32)29-19-20-35-28-30-26(21-11-15-23(33-2)16-12-21)27(31-28)22-13-17-24(34-3)18-14-22/h11-18H,4-10,19-20H2,1-3H3,(H,29,32)(H,30,31). The summed E-state index contributed by atoms with van der Waals surface area (Å²) in [6, 6.07) is 15.8. The van der Waals surface area contributed by atoms with E-state index in [0.29, 0.717) is 13.0 Å². The lowest BCUT2D eigenvalue weighted by atomic mass is 10.0. The summed E-state index contributed by atoms with van der Waals surface area (Å²) in [6.45, 7) is 2.84.